The van der Waals surface area contributed by atoms with Crippen molar-refractivity contribution in [3.63, 3.8) is 0 Å². The Morgan fingerprint density at radius 1 is 1.08 bits per heavy atom. The standard InChI is InChI=1S/C5H8F5NO/c6-4(7,5(8,9)10)3-12-2-1-11/h1-3,11H2. The molecular formula is C5H8F5NO. The van der Waals surface area contributed by atoms with Gasteiger partial charge in [0.25, 0.3) is 0 Å². The molecule has 0 aliphatic rings. The first-order chi connectivity index (χ1) is 5.31. The van der Waals surface area contributed by atoms with Gasteiger partial charge in [0.1, 0.15) is 6.61 Å². The predicted octanol–water partition coefficient (Wildman–Crippen LogP) is 1.16. The minimum atomic E-state index is -5.55. The average molecular weight is 193 g/mol. The van der Waals surface area contributed by atoms with E-state index >= 15 is 0 Å². The lowest BCUT2D eigenvalue weighted by atomic mass is 10.3. The van der Waals surface area contributed by atoms with Gasteiger partial charge in [0, 0.05) is 6.54 Å². The van der Waals surface area contributed by atoms with Crippen molar-refractivity contribution in [1.82, 2.24) is 0 Å². The molecule has 0 fully saturated rings. The molecule has 0 rings (SSSR count). The molecular weight excluding hydrogens is 185 g/mol. The summed E-state index contributed by atoms with van der Waals surface area (Å²) in [6.45, 7) is -2.08. The molecule has 0 heterocycles. The average Bonchev–Trinajstić information content (AvgIpc) is 1.85. The van der Waals surface area contributed by atoms with E-state index in [0.29, 0.717) is 0 Å². The lowest BCUT2D eigenvalue weighted by Gasteiger charge is -2.18. The van der Waals surface area contributed by atoms with Crippen molar-refractivity contribution in [3.05, 3.63) is 0 Å². The Kier molecular flexibility index (Phi) is 3.85. The van der Waals surface area contributed by atoms with E-state index in [1.54, 1.807) is 0 Å². The van der Waals surface area contributed by atoms with E-state index in [2.05, 4.69) is 4.74 Å². The Balaban J connectivity index is 3.88. The summed E-state index contributed by atoms with van der Waals surface area (Å²) in [5.41, 5.74) is 4.82. The van der Waals surface area contributed by atoms with Crippen LogP contribution >= 0.6 is 0 Å². The maximum Gasteiger partial charge on any atom is 0.455 e. The number of hydrogen-bond acceptors (Lipinski definition) is 2. The molecule has 0 aromatic carbocycles. The molecule has 74 valence electrons. The first-order valence-electron chi connectivity index (χ1n) is 3.03. The fourth-order valence-corrected chi connectivity index (χ4v) is 0.366. The van der Waals surface area contributed by atoms with Gasteiger partial charge in [0.15, 0.2) is 0 Å². The van der Waals surface area contributed by atoms with Gasteiger partial charge < -0.3 is 10.5 Å². The highest BCUT2D eigenvalue weighted by Crippen LogP contribution is 2.35. The molecule has 0 saturated heterocycles. The molecule has 0 saturated carbocycles. The Morgan fingerprint density at radius 2 is 1.58 bits per heavy atom. The molecule has 0 aliphatic heterocycles. The van der Waals surface area contributed by atoms with E-state index in [1.165, 1.54) is 0 Å². The van der Waals surface area contributed by atoms with Crippen molar-refractivity contribution in [1.29, 1.82) is 0 Å². The largest absolute Gasteiger partial charge is 0.455 e. The molecule has 0 aliphatic carbocycles. The highest BCUT2D eigenvalue weighted by Gasteiger charge is 2.57. The number of rotatable bonds is 4. The van der Waals surface area contributed by atoms with Crippen LogP contribution in [-0.2, 0) is 4.74 Å². The van der Waals surface area contributed by atoms with Gasteiger partial charge in [-0.1, -0.05) is 0 Å². The van der Waals surface area contributed by atoms with Gasteiger partial charge in [-0.3, -0.25) is 0 Å². The zero-order valence-corrected chi connectivity index (χ0v) is 6.00. The van der Waals surface area contributed by atoms with E-state index in [4.69, 9.17) is 5.73 Å². The Hall–Kier alpha value is -0.430. The molecule has 0 aromatic heterocycles. The molecule has 7 heteroatoms. The quantitative estimate of drug-likeness (QED) is 0.537. The van der Waals surface area contributed by atoms with Gasteiger partial charge in [-0.25, -0.2) is 0 Å². The van der Waals surface area contributed by atoms with Crippen LogP contribution < -0.4 is 5.73 Å². The second kappa shape index (κ2) is 3.99. The maximum absolute atomic E-state index is 12.0. The highest BCUT2D eigenvalue weighted by atomic mass is 19.4. The summed E-state index contributed by atoms with van der Waals surface area (Å²) in [6, 6.07) is 0. The summed E-state index contributed by atoms with van der Waals surface area (Å²) >= 11 is 0. The lowest BCUT2D eigenvalue weighted by molar-refractivity contribution is -0.296. The van der Waals surface area contributed by atoms with E-state index in [1.807, 2.05) is 0 Å². The van der Waals surface area contributed by atoms with Crippen LogP contribution in [0, 0.1) is 0 Å². The molecule has 12 heavy (non-hydrogen) atoms. The van der Waals surface area contributed by atoms with Crippen LogP contribution in [0.1, 0.15) is 0 Å². The van der Waals surface area contributed by atoms with Crippen molar-refractivity contribution in [2.24, 2.45) is 5.73 Å². The van der Waals surface area contributed by atoms with Crippen LogP contribution in [0.2, 0.25) is 0 Å². The van der Waals surface area contributed by atoms with Crippen molar-refractivity contribution in [2.75, 3.05) is 19.8 Å². The van der Waals surface area contributed by atoms with Crippen LogP contribution in [0.5, 0.6) is 0 Å². The van der Waals surface area contributed by atoms with Gasteiger partial charge in [-0.2, -0.15) is 22.0 Å². The molecule has 2 N–H and O–H groups in total. The highest BCUT2D eigenvalue weighted by molar-refractivity contribution is 4.74. The van der Waals surface area contributed by atoms with Crippen LogP contribution in [-0.4, -0.2) is 31.9 Å². The number of hydrogen-bond donors (Lipinski definition) is 1. The Bertz CT molecular complexity index is 134. The summed E-state index contributed by atoms with van der Waals surface area (Å²) < 4.78 is 62.1. The molecule has 0 atom stereocenters. The fraction of sp³-hybridized carbons (Fsp3) is 1.00. The molecule has 0 spiro atoms. The van der Waals surface area contributed by atoms with E-state index in [9.17, 15) is 22.0 Å². The summed E-state index contributed by atoms with van der Waals surface area (Å²) in [6.07, 6.45) is -5.55. The lowest BCUT2D eigenvalue weighted by Crippen LogP contribution is -2.41. The Morgan fingerprint density at radius 3 is 1.92 bits per heavy atom. The van der Waals surface area contributed by atoms with Crippen LogP contribution in [0.15, 0.2) is 0 Å². The smallest absolute Gasteiger partial charge is 0.374 e. The minimum Gasteiger partial charge on any atom is -0.374 e. The van der Waals surface area contributed by atoms with E-state index in [-0.39, 0.29) is 13.2 Å². The third-order valence-electron chi connectivity index (χ3n) is 0.960. The number of halogens is 5. The molecule has 0 bridgehead atoms. The van der Waals surface area contributed by atoms with E-state index < -0.39 is 18.7 Å². The summed E-state index contributed by atoms with van der Waals surface area (Å²) in [5.74, 6) is -4.79. The predicted molar refractivity (Wildman–Crippen MR) is 30.9 cm³/mol. The third kappa shape index (κ3) is 3.31. The number of ether oxygens (including phenoxy) is 1. The normalized spacial score (nSPS) is 13.5. The maximum atomic E-state index is 12.0. The second-order valence-electron chi connectivity index (χ2n) is 2.04. The van der Waals surface area contributed by atoms with Crippen molar-refractivity contribution in [3.8, 4) is 0 Å². The monoisotopic (exact) mass is 193 g/mol. The first-order valence-corrected chi connectivity index (χ1v) is 3.03. The van der Waals surface area contributed by atoms with Crippen molar-refractivity contribution >= 4 is 0 Å². The SMILES string of the molecule is NCCOCC(F)(F)C(F)(F)F. The van der Waals surface area contributed by atoms with E-state index in [0.717, 1.165) is 0 Å². The minimum absolute atomic E-state index is 0.0893. The number of alkyl halides is 5. The molecule has 0 aromatic rings. The van der Waals surface area contributed by atoms with Crippen LogP contribution in [0.3, 0.4) is 0 Å². The van der Waals surface area contributed by atoms with Crippen LogP contribution in [0.25, 0.3) is 0 Å². The summed E-state index contributed by atoms with van der Waals surface area (Å²) in [5, 5.41) is 0. The van der Waals surface area contributed by atoms with Gasteiger partial charge >= 0.3 is 12.1 Å². The van der Waals surface area contributed by atoms with Gasteiger partial charge in [-0.15, -0.1) is 0 Å². The topological polar surface area (TPSA) is 35.2 Å². The fourth-order valence-electron chi connectivity index (χ4n) is 0.366. The van der Waals surface area contributed by atoms with Gasteiger partial charge in [0.2, 0.25) is 0 Å². The summed E-state index contributed by atoms with van der Waals surface area (Å²) in [7, 11) is 0. The van der Waals surface area contributed by atoms with Gasteiger partial charge in [0.05, 0.1) is 6.61 Å². The molecule has 0 unspecified atom stereocenters. The zero-order chi connectivity index (χ0) is 9.83. The Labute approximate surface area is 65.5 Å². The first kappa shape index (κ1) is 11.6. The second-order valence-corrected chi connectivity index (χ2v) is 2.04. The molecule has 2 nitrogen and oxygen atoms in total. The zero-order valence-electron chi connectivity index (χ0n) is 6.00. The number of nitrogens with two attached hydrogens (primary N) is 1. The van der Waals surface area contributed by atoms with Gasteiger partial charge in [-0.05, 0) is 0 Å². The summed E-state index contributed by atoms with van der Waals surface area (Å²) in [4.78, 5) is 0. The van der Waals surface area contributed by atoms with Crippen molar-refractivity contribution < 1.29 is 26.7 Å². The molecule has 0 radical (unpaired) electrons. The van der Waals surface area contributed by atoms with Crippen LogP contribution in [0.4, 0.5) is 22.0 Å². The third-order valence-corrected chi connectivity index (χ3v) is 0.960. The molecule has 0 amide bonds. The van der Waals surface area contributed by atoms with Crippen molar-refractivity contribution in [2.45, 2.75) is 12.1 Å².